The second-order valence-electron chi connectivity index (χ2n) is 7.98. The molecular weight excluding hydrogens is 386 g/mol. The average molecular weight is 415 g/mol. The van der Waals surface area contributed by atoms with Gasteiger partial charge in [0.05, 0.1) is 0 Å². The molecule has 3 aromatic carbocycles. The Kier molecular flexibility index (Phi) is 6.43. The van der Waals surface area contributed by atoms with Crippen molar-refractivity contribution in [3.63, 3.8) is 0 Å². The first-order valence-electron chi connectivity index (χ1n) is 10.8. The molecule has 2 amide bonds. The van der Waals surface area contributed by atoms with Crippen LogP contribution in [0.25, 0.3) is 0 Å². The van der Waals surface area contributed by atoms with E-state index in [1.165, 1.54) is 16.7 Å². The van der Waals surface area contributed by atoms with E-state index in [2.05, 4.69) is 54.0 Å². The van der Waals surface area contributed by atoms with Crippen molar-refractivity contribution < 1.29 is 14.9 Å². The smallest absolute Gasteiger partial charge is 0.279 e. The van der Waals surface area contributed by atoms with Crippen LogP contribution in [0.3, 0.4) is 0 Å². The van der Waals surface area contributed by atoms with Gasteiger partial charge >= 0.3 is 0 Å². The molecule has 1 aliphatic rings. The largest absolute Gasteiger partial charge is 0.328 e. The maximum absolute atomic E-state index is 12.6. The summed E-state index contributed by atoms with van der Waals surface area (Å²) in [4.78, 5) is 26.3. The van der Waals surface area contributed by atoms with Crippen LogP contribution in [0.4, 0.5) is 11.4 Å². The number of hydrogen-bond acceptors (Lipinski definition) is 2. The molecule has 0 unspecified atom stereocenters. The van der Waals surface area contributed by atoms with Crippen LogP contribution in [0.15, 0.2) is 78.9 Å². The van der Waals surface area contributed by atoms with Gasteiger partial charge in [-0.25, -0.2) is 0 Å². The van der Waals surface area contributed by atoms with Gasteiger partial charge in [0.2, 0.25) is 5.91 Å². The highest BCUT2D eigenvalue weighted by atomic mass is 16.2. The average Bonchev–Trinajstić information content (AvgIpc) is 3.22. The second-order valence-corrected chi connectivity index (χ2v) is 7.98. The summed E-state index contributed by atoms with van der Waals surface area (Å²) in [6.45, 7) is 3.14. The molecule has 1 fully saturated rings. The van der Waals surface area contributed by atoms with E-state index in [1.807, 2.05) is 42.5 Å². The predicted octanol–water partition coefficient (Wildman–Crippen LogP) is 3.41. The van der Waals surface area contributed by atoms with Gasteiger partial charge in [-0.05, 0) is 37.6 Å². The van der Waals surface area contributed by atoms with Crippen molar-refractivity contribution in [3.8, 4) is 0 Å². The third kappa shape index (κ3) is 5.19. The Balaban J connectivity index is 1.40. The number of nitrogens with zero attached hydrogens (tertiary/aromatic N) is 1. The van der Waals surface area contributed by atoms with E-state index in [1.54, 1.807) is 4.90 Å². The maximum Gasteiger partial charge on any atom is 0.279 e. The fraction of sp³-hybridized carbons (Fsp3) is 0.231. The summed E-state index contributed by atoms with van der Waals surface area (Å²) in [6.07, 6.45) is 1.51. The van der Waals surface area contributed by atoms with Crippen LogP contribution >= 0.6 is 0 Å². The molecule has 3 N–H and O–H groups in total. The fourth-order valence-corrected chi connectivity index (χ4v) is 3.98. The molecule has 0 radical (unpaired) electrons. The Morgan fingerprint density at radius 1 is 0.968 bits per heavy atom. The topological polar surface area (TPSA) is 66.0 Å². The van der Waals surface area contributed by atoms with Gasteiger partial charge in [0, 0.05) is 35.5 Å². The van der Waals surface area contributed by atoms with Crippen molar-refractivity contribution in [1.82, 2.24) is 0 Å². The Morgan fingerprint density at radius 3 is 2.29 bits per heavy atom. The lowest BCUT2D eigenvalue weighted by Crippen LogP contribution is -2.87. The monoisotopic (exact) mass is 414 g/mol. The number of aryl methyl sites for hydroxylation is 1. The van der Waals surface area contributed by atoms with E-state index < -0.39 is 0 Å². The number of anilines is 2. The molecule has 5 nitrogen and oxygen atoms in total. The lowest BCUT2D eigenvalue weighted by atomic mass is 9.98. The zero-order valence-corrected chi connectivity index (χ0v) is 17.8. The van der Waals surface area contributed by atoms with E-state index >= 15 is 0 Å². The molecule has 0 saturated carbocycles. The molecule has 1 atom stereocenters. The third-order valence-corrected chi connectivity index (χ3v) is 5.67. The lowest BCUT2D eigenvalue weighted by molar-refractivity contribution is -0.676. The molecule has 158 valence electrons. The van der Waals surface area contributed by atoms with Gasteiger partial charge in [-0.2, -0.15) is 0 Å². The number of carbonyl (C=O) groups is 2. The quantitative estimate of drug-likeness (QED) is 0.622. The number of quaternary nitrogens is 1. The van der Waals surface area contributed by atoms with Gasteiger partial charge < -0.3 is 15.5 Å². The molecule has 5 heteroatoms. The van der Waals surface area contributed by atoms with Crippen molar-refractivity contribution >= 4 is 23.2 Å². The fourth-order valence-electron chi connectivity index (χ4n) is 3.98. The minimum atomic E-state index is -0.0574. The number of amides is 2. The van der Waals surface area contributed by atoms with Crippen LogP contribution in [0.5, 0.6) is 0 Å². The summed E-state index contributed by atoms with van der Waals surface area (Å²) in [6, 6.07) is 26.2. The maximum atomic E-state index is 12.6. The van der Waals surface area contributed by atoms with E-state index in [-0.39, 0.29) is 17.9 Å². The molecule has 1 saturated heterocycles. The highest BCUT2D eigenvalue weighted by molar-refractivity contribution is 5.96. The zero-order valence-electron chi connectivity index (χ0n) is 17.8. The van der Waals surface area contributed by atoms with Gasteiger partial charge in [0.25, 0.3) is 5.91 Å². The third-order valence-electron chi connectivity index (χ3n) is 5.67. The number of nitrogens with one attached hydrogen (secondary N) is 1. The summed E-state index contributed by atoms with van der Waals surface area (Å²) in [5, 5.41) is 5.03. The Hall–Kier alpha value is -3.44. The molecule has 0 aromatic heterocycles. The van der Waals surface area contributed by atoms with Crippen LogP contribution in [0, 0.1) is 6.92 Å². The number of carbonyl (C=O) groups excluding carboxylic acids is 2. The summed E-state index contributed by atoms with van der Waals surface area (Å²) in [7, 11) is 0. The molecule has 4 rings (SSSR count). The molecule has 1 heterocycles. The first-order valence-corrected chi connectivity index (χ1v) is 10.8. The first-order chi connectivity index (χ1) is 15.1. The molecule has 0 aliphatic carbocycles. The number of nitrogens with two attached hydrogens (primary N) is 1. The van der Waals surface area contributed by atoms with E-state index in [9.17, 15) is 9.59 Å². The lowest BCUT2D eigenvalue weighted by Gasteiger charge is -2.17. The van der Waals surface area contributed by atoms with Crippen molar-refractivity contribution in [2.45, 2.75) is 25.8 Å². The summed E-state index contributed by atoms with van der Waals surface area (Å²) < 4.78 is 0. The number of rotatable bonds is 7. The van der Waals surface area contributed by atoms with Crippen LogP contribution in [0.2, 0.25) is 0 Å². The molecular formula is C26H28N3O2+. The van der Waals surface area contributed by atoms with Crippen LogP contribution < -0.4 is 15.5 Å². The first kappa shape index (κ1) is 20.8. The van der Waals surface area contributed by atoms with Crippen LogP contribution in [-0.2, 0) is 9.59 Å². The van der Waals surface area contributed by atoms with Crippen molar-refractivity contribution in [3.05, 3.63) is 95.6 Å². The molecule has 0 spiro atoms. The van der Waals surface area contributed by atoms with Crippen molar-refractivity contribution in [1.29, 1.82) is 0 Å². The molecule has 3 aromatic rings. The van der Waals surface area contributed by atoms with Gasteiger partial charge in [-0.1, -0.05) is 60.2 Å². The van der Waals surface area contributed by atoms with E-state index in [0.717, 1.165) is 24.3 Å². The number of benzene rings is 3. The van der Waals surface area contributed by atoms with Gasteiger partial charge in [-0.3, -0.25) is 9.59 Å². The van der Waals surface area contributed by atoms with Gasteiger partial charge in [0.1, 0.15) is 6.04 Å². The SMILES string of the molecule is Cc1ccc([C@H]([NH2+]CC(=O)Nc2ccc(N3CCCC3=O)cc2)c2ccccc2)cc1. The van der Waals surface area contributed by atoms with E-state index in [0.29, 0.717) is 13.0 Å². The summed E-state index contributed by atoms with van der Waals surface area (Å²) in [5.74, 6) is 0.104. The normalized spacial score (nSPS) is 14.5. The second kappa shape index (κ2) is 9.58. The molecule has 1 aliphatic heterocycles. The van der Waals surface area contributed by atoms with E-state index in [4.69, 9.17) is 0 Å². The van der Waals surface area contributed by atoms with Gasteiger partial charge in [-0.15, -0.1) is 0 Å². The summed E-state index contributed by atoms with van der Waals surface area (Å²) >= 11 is 0. The van der Waals surface area contributed by atoms with Crippen molar-refractivity contribution in [2.75, 3.05) is 23.3 Å². The molecule has 0 bridgehead atoms. The summed E-state index contributed by atoms with van der Waals surface area (Å²) in [5.41, 5.74) is 5.17. The van der Waals surface area contributed by atoms with Gasteiger partial charge in [0.15, 0.2) is 6.54 Å². The highest BCUT2D eigenvalue weighted by Crippen LogP contribution is 2.23. The van der Waals surface area contributed by atoms with Crippen molar-refractivity contribution in [2.24, 2.45) is 0 Å². The Labute approximate surface area is 183 Å². The minimum absolute atomic E-state index is 0.0519. The Bertz CT molecular complexity index is 1030. The predicted molar refractivity (Wildman–Crippen MR) is 123 cm³/mol. The minimum Gasteiger partial charge on any atom is -0.328 e. The van der Waals surface area contributed by atoms with Crippen LogP contribution in [-0.4, -0.2) is 24.9 Å². The number of hydrogen-bond donors (Lipinski definition) is 2. The highest BCUT2D eigenvalue weighted by Gasteiger charge is 2.22. The zero-order chi connectivity index (χ0) is 21.6. The van der Waals surface area contributed by atoms with Crippen LogP contribution in [0.1, 0.15) is 35.6 Å². The molecule has 31 heavy (non-hydrogen) atoms. The Morgan fingerprint density at radius 2 is 1.65 bits per heavy atom. The standard InChI is InChI=1S/C26H27N3O2/c1-19-9-11-21(12-10-19)26(20-6-3-2-4-7-20)27-18-24(30)28-22-13-15-23(16-14-22)29-17-5-8-25(29)31/h2-4,6-7,9-16,26-27H,5,8,17-18H2,1H3,(H,28,30)/p+1/t26-/m1/s1.